The number of methoxy groups -OCH3 is 1. The average Bonchev–Trinajstić information content (AvgIpc) is 3.24. The van der Waals surface area contributed by atoms with E-state index in [-0.39, 0.29) is 18.3 Å². The Balaban J connectivity index is 1.68. The van der Waals surface area contributed by atoms with E-state index in [1.807, 2.05) is 26.0 Å². The van der Waals surface area contributed by atoms with Gasteiger partial charge >= 0.3 is 0 Å². The van der Waals surface area contributed by atoms with Crippen molar-refractivity contribution in [2.75, 3.05) is 37.9 Å². The van der Waals surface area contributed by atoms with Gasteiger partial charge in [-0.25, -0.2) is 4.68 Å². The average molecular weight is 486 g/mol. The molecule has 1 aliphatic heterocycles. The maximum Gasteiger partial charge on any atom is 0.260 e. The predicted molar refractivity (Wildman–Crippen MR) is 130 cm³/mol. The number of anilines is 1. The first-order valence-electron chi connectivity index (χ1n) is 11.7. The lowest BCUT2D eigenvalue weighted by Gasteiger charge is -2.32. The number of allylic oxidation sites excluding steroid dienone is 2. The van der Waals surface area contributed by atoms with E-state index in [1.54, 1.807) is 34.5 Å². The van der Waals surface area contributed by atoms with Crippen molar-refractivity contribution >= 4 is 29.4 Å². The van der Waals surface area contributed by atoms with Crippen LogP contribution in [0.5, 0.6) is 11.5 Å². The molecule has 1 aromatic heterocycles. The summed E-state index contributed by atoms with van der Waals surface area (Å²) in [5, 5.41) is 8.71. The number of nitrogens with zero attached hydrogens (tertiary/aromatic N) is 4. The minimum Gasteiger partial charge on any atom is -0.493 e. The SMILES string of the molecule is CCSc1nc2n(n1)C(c1ccc(OCC(=O)N(CC)CC)c(OC)c1)C1=C(CCCC1=O)N2. The minimum atomic E-state index is -0.405. The number of hydrogen-bond donors (Lipinski definition) is 1. The Bertz CT molecular complexity index is 1110. The van der Waals surface area contributed by atoms with E-state index in [2.05, 4.69) is 17.2 Å². The first-order chi connectivity index (χ1) is 16.5. The van der Waals surface area contributed by atoms with E-state index >= 15 is 0 Å². The summed E-state index contributed by atoms with van der Waals surface area (Å²) < 4.78 is 13.2. The molecule has 10 heteroatoms. The molecular weight excluding hydrogens is 454 g/mol. The topological polar surface area (TPSA) is 98.6 Å². The summed E-state index contributed by atoms with van der Waals surface area (Å²) in [5.74, 6) is 2.51. The van der Waals surface area contributed by atoms with Gasteiger partial charge in [0.2, 0.25) is 11.1 Å². The summed E-state index contributed by atoms with van der Waals surface area (Å²) in [4.78, 5) is 31.7. The zero-order chi connectivity index (χ0) is 24.2. The Hall–Kier alpha value is -3.01. The molecule has 0 saturated carbocycles. The number of aromatic nitrogens is 3. The van der Waals surface area contributed by atoms with Gasteiger partial charge in [-0.3, -0.25) is 9.59 Å². The second-order valence-electron chi connectivity index (χ2n) is 8.06. The van der Waals surface area contributed by atoms with Crippen LogP contribution in [-0.4, -0.2) is 63.9 Å². The fourth-order valence-electron chi connectivity index (χ4n) is 4.42. The van der Waals surface area contributed by atoms with Gasteiger partial charge in [0, 0.05) is 30.8 Å². The van der Waals surface area contributed by atoms with Crippen LogP contribution in [0.15, 0.2) is 34.6 Å². The second-order valence-corrected chi connectivity index (χ2v) is 9.29. The third-order valence-corrected chi connectivity index (χ3v) is 6.81. The van der Waals surface area contributed by atoms with Crippen molar-refractivity contribution in [2.24, 2.45) is 0 Å². The number of rotatable bonds is 9. The van der Waals surface area contributed by atoms with Gasteiger partial charge in [-0.15, -0.1) is 5.10 Å². The van der Waals surface area contributed by atoms with Gasteiger partial charge in [-0.1, -0.05) is 24.8 Å². The van der Waals surface area contributed by atoms with Crippen LogP contribution in [0.1, 0.15) is 51.6 Å². The smallest absolute Gasteiger partial charge is 0.260 e. The summed E-state index contributed by atoms with van der Waals surface area (Å²) in [7, 11) is 1.56. The first kappa shape index (κ1) is 24.1. The predicted octanol–water partition coefficient (Wildman–Crippen LogP) is 3.67. The Morgan fingerprint density at radius 1 is 1.24 bits per heavy atom. The zero-order valence-corrected chi connectivity index (χ0v) is 20.9. The van der Waals surface area contributed by atoms with Gasteiger partial charge < -0.3 is 19.7 Å². The molecule has 0 spiro atoms. The quantitative estimate of drug-likeness (QED) is 0.537. The van der Waals surface area contributed by atoms with Gasteiger partial charge in [0.05, 0.1) is 7.11 Å². The van der Waals surface area contributed by atoms with Crippen LogP contribution in [-0.2, 0) is 9.59 Å². The Morgan fingerprint density at radius 2 is 2.03 bits per heavy atom. The van der Waals surface area contributed by atoms with Gasteiger partial charge in [-0.05, 0) is 50.1 Å². The molecule has 1 unspecified atom stereocenters. The van der Waals surface area contributed by atoms with E-state index in [0.717, 1.165) is 35.4 Å². The van der Waals surface area contributed by atoms with Crippen LogP contribution < -0.4 is 14.8 Å². The number of benzene rings is 1. The molecule has 1 amide bonds. The largest absolute Gasteiger partial charge is 0.493 e. The van der Waals surface area contributed by atoms with Crippen LogP contribution in [0.4, 0.5) is 5.95 Å². The lowest BCUT2D eigenvalue weighted by atomic mass is 9.85. The third kappa shape index (κ3) is 4.64. The van der Waals surface area contributed by atoms with Crippen LogP contribution in [0.3, 0.4) is 0 Å². The summed E-state index contributed by atoms with van der Waals surface area (Å²) in [6, 6.07) is 5.15. The number of fused-ring (bicyclic) bond motifs is 1. The fraction of sp³-hybridized carbons (Fsp3) is 0.500. The summed E-state index contributed by atoms with van der Waals surface area (Å²) in [6.45, 7) is 7.13. The molecule has 1 N–H and O–H groups in total. The Kier molecular flexibility index (Phi) is 7.45. The van der Waals surface area contributed by atoms with E-state index in [1.165, 1.54) is 0 Å². The lowest BCUT2D eigenvalue weighted by molar-refractivity contribution is -0.133. The molecular formula is C24H31N5O4S. The summed E-state index contributed by atoms with van der Waals surface area (Å²) in [6.07, 6.45) is 2.13. The maximum atomic E-state index is 13.0. The van der Waals surface area contributed by atoms with Crippen LogP contribution >= 0.6 is 11.8 Å². The third-order valence-electron chi connectivity index (χ3n) is 6.09. The van der Waals surface area contributed by atoms with Gasteiger partial charge in [0.1, 0.15) is 6.04 Å². The van der Waals surface area contributed by atoms with Gasteiger partial charge in [0.25, 0.3) is 5.91 Å². The summed E-state index contributed by atoms with van der Waals surface area (Å²) >= 11 is 1.56. The monoisotopic (exact) mass is 485 g/mol. The molecule has 182 valence electrons. The molecule has 1 atom stereocenters. The summed E-state index contributed by atoms with van der Waals surface area (Å²) in [5.41, 5.74) is 2.49. The lowest BCUT2D eigenvalue weighted by Crippen LogP contribution is -2.34. The Morgan fingerprint density at radius 3 is 2.74 bits per heavy atom. The van der Waals surface area contributed by atoms with Gasteiger partial charge in [0.15, 0.2) is 23.9 Å². The fourth-order valence-corrected chi connectivity index (χ4v) is 4.97. The molecule has 9 nitrogen and oxygen atoms in total. The molecule has 0 radical (unpaired) electrons. The number of nitrogens with one attached hydrogen (secondary N) is 1. The highest BCUT2D eigenvalue weighted by Gasteiger charge is 2.37. The highest BCUT2D eigenvalue weighted by Crippen LogP contribution is 2.42. The number of amides is 1. The number of hydrogen-bond acceptors (Lipinski definition) is 8. The van der Waals surface area contributed by atoms with Crippen molar-refractivity contribution in [3.05, 3.63) is 35.0 Å². The van der Waals surface area contributed by atoms with E-state index < -0.39 is 6.04 Å². The molecule has 34 heavy (non-hydrogen) atoms. The number of carbonyl (C=O) groups excluding carboxylic acids is 2. The first-order valence-corrected chi connectivity index (χ1v) is 12.7. The molecule has 1 aromatic carbocycles. The highest BCUT2D eigenvalue weighted by molar-refractivity contribution is 7.99. The zero-order valence-electron chi connectivity index (χ0n) is 20.1. The number of thioether (sulfide) groups is 1. The molecule has 2 aromatic rings. The number of likely N-dealkylation sites (N-methyl/N-ethyl adjacent to an activating group) is 1. The molecule has 2 heterocycles. The molecule has 0 saturated heterocycles. The molecule has 0 bridgehead atoms. The number of ketones is 1. The molecule has 2 aliphatic rings. The minimum absolute atomic E-state index is 0.0661. The number of Topliss-reactive ketones (excluding diaryl/α,β-unsaturated/α-hetero) is 1. The second kappa shape index (κ2) is 10.5. The molecule has 1 aliphatic carbocycles. The van der Waals surface area contributed by atoms with Crippen LogP contribution in [0.25, 0.3) is 0 Å². The van der Waals surface area contributed by atoms with Crippen molar-refractivity contribution in [2.45, 2.75) is 51.2 Å². The van der Waals surface area contributed by atoms with Crippen molar-refractivity contribution in [3.63, 3.8) is 0 Å². The maximum absolute atomic E-state index is 13.0. The van der Waals surface area contributed by atoms with E-state index in [0.29, 0.717) is 42.1 Å². The Labute approximate surface area is 203 Å². The van der Waals surface area contributed by atoms with Gasteiger partial charge in [-0.2, -0.15) is 4.98 Å². The van der Waals surface area contributed by atoms with E-state index in [4.69, 9.17) is 14.6 Å². The molecule has 0 fully saturated rings. The number of carbonyl (C=O) groups is 2. The highest BCUT2D eigenvalue weighted by atomic mass is 32.2. The van der Waals surface area contributed by atoms with Crippen LogP contribution in [0, 0.1) is 0 Å². The standard InChI is InChI=1S/C24H31N5O4S/c1-5-28(6-2)20(31)14-33-18-12-11-15(13-19(18)32-4)22-21-16(9-8-10-17(21)30)25-23-26-24(34-7-3)27-29(22)23/h11-13,22H,5-10,14H2,1-4H3,(H,25,26,27). The van der Waals surface area contributed by atoms with E-state index in [9.17, 15) is 9.59 Å². The van der Waals surface area contributed by atoms with Crippen molar-refractivity contribution in [1.82, 2.24) is 19.7 Å². The number of ether oxygens (including phenoxy) is 2. The van der Waals surface area contributed by atoms with Crippen molar-refractivity contribution in [1.29, 1.82) is 0 Å². The van der Waals surface area contributed by atoms with Crippen molar-refractivity contribution in [3.8, 4) is 11.5 Å². The normalized spacial score (nSPS) is 17.1. The molecule has 4 rings (SSSR count). The van der Waals surface area contributed by atoms with Crippen LogP contribution in [0.2, 0.25) is 0 Å². The van der Waals surface area contributed by atoms with Crippen molar-refractivity contribution < 1.29 is 19.1 Å².